The van der Waals surface area contributed by atoms with Gasteiger partial charge in [-0.2, -0.15) is 0 Å². The molecule has 0 radical (unpaired) electrons. The molecule has 59 heavy (non-hydrogen) atoms. The van der Waals surface area contributed by atoms with Crippen LogP contribution in [0.3, 0.4) is 0 Å². The Hall–Kier alpha value is -1.75. The first kappa shape index (κ1) is 45.3. The molecule has 3 spiro atoms. The van der Waals surface area contributed by atoms with Crippen molar-refractivity contribution in [3.05, 3.63) is 36.0 Å². The number of hydrogen-bond donors (Lipinski definition) is 4. The van der Waals surface area contributed by atoms with Crippen LogP contribution in [0, 0.1) is 17.8 Å². The van der Waals surface area contributed by atoms with E-state index in [1.165, 1.54) is 6.92 Å². The molecule has 13 heteroatoms. The van der Waals surface area contributed by atoms with Gasteiger partial charge in [-0.3, -0.25) is 0 Å². The van der Waals surface area contributed by atoms with Crippen LogP contribution in [-0.4, -0.2) is 124 Å². The third-order valence-electron chi connectivity index (χ3n) is 14.3. The third kappa shape index (κ3) is 9.76. The summed E-state index contributed by atoms with van der Waals surface area (Å²) in [4.78, 5) is 12.4. The fourth-order valence-electron chi connectivity index (χ4n) is 10.8. The van der Waals surface area contributed by atoms with Crippen molar-refractivity contribution >= 4 is 5.97 Å². The third-order valence-corrected chi connectivity index (χ3v) is 14.3. The van der Waals surface area contributed by atoms with Gasteiger partial charge < -0.3 is 58.3 Å². The Balaban J connectivity index is 0.917. The Morgan fingerprint density at radius 2 is 1.78 bits per heavy atom. The normalized spacial score (nSPS) is 44.2. The fourth-order valence-corrected chi connectivity index (χ4v) is 10.8. The maximum atomic E-state index is 12.4. The highest BCUT2D eigenvalue weighted by Gasteiger charge is 2.55. The molecule has 0 bridgehead atoms. The van der Waals surface area contributed by atoms with Crippen molar-refractivity contribution in [2.45, 2.75) is 215 Å². The first-order chi connectivity index (χ1) is 28.0. The average molecular weight is 833 g/mol. The Kier molecular flexibility index (Phi) is 13.9. The molecule has 7 aliphatic heterocycles. The summed E-state index contributed by atoms with van der Waals surface area (Å²) >= 11 is 0. The van der Waals surface area contributed by atoms with E-state index in [9.17, 15) is 25.2 Å². The van der Waals surface area contributed by atoms with E-state index in [1.807, 2.05) is 13.0 Å². The maximum Gasteiger partial charge on any atom is 0.337 e. The molecule has 6 saturated heterocycles. The second-order valence-electron chi connectivity index (χ2n) is 19.3. The van der Waals surface area contributed by atoms with Crippen LogP contribution in [-0.2, 0) is 42.7 Å². The van der Waals surface area contributed by atoms with E-state index in [0.717, 1.165) is 50.7 Å². The molecule has 334 valence electrons. The van der Waals surface area contributed by atoms with Crippen molar-refractivity contribution in [2.24, 2.45) is 17.8 Å². The summed E-state index contributed by atoms with van der Waals surface area (Å²) in [6.45, 7) is 16.6. The molecule has 0 aromatic heterocycles. The highest BCUT2D eigenvalue weighted by atomic mass is 16.7. The zero-order valence-electron chi connectivity index (χ0n) is 36.2. The van der Waals surface area contributed by atoms with Gasteiger partial charge in [0, 0.05) is 38.0 Å². The van der Waals surface area contributed by atoms with Crippen LogP contribution in [0.1, 0.15) is 131 Å². The summed E-state index contributed by atoms with van der Waals surface area (Å²) in [5, 5.41) is 45.2. The molecule has 13 nitrogen and oxygen atoms in total. The van der Waals surface area contributed by atoms with Crippen molar-refractivity contribution in [3.8, 4) is 0 Å². The zero-order valence-corrected chi connectivity index (χ0v) is 36.2. The number of fused-ring (bicyclic) bond motifs is 1. The fraction of sp³-hybridized carbons (Fsp3) is 0.848. The molecule has 7 aliphatic rings. The van der Waals surface area contributed by atoms with Crippen LogP contribution < -0.4 is 0 Å². The lowest BCUT2D eigenvalue weighted by molar-refractivity contribution is -0.321. The Labute approximate surface area is 350 Å². The van der Waals surface area contributed by atoms with Gasteiger partial charge in [-0.05, 0) is 102 Å². The Morgan fingerprint density at radius 3 is 2.53 bits per heavy atom. The van der Waals surface area contributed by atoms with Crippen LogP contribution in [0.4, 0.5) is 0 Å². The number of esters is 1. The minimum absolute atomic E-state index is 0.0206. The van der Waals surface area contributed by atoms with Gasteiger partial charge in [0.25, 0.3) is 0 Å². The number of aliphatic hydroxyl groups excluding tert-OH is 3. The number of hydrogen-bond acceptors (Lipinski definition) is 13. The second-order valence-corrected chi connectivity index (χ2v) is 19.3. The molecule has 17 atom stereocenters. The number of rotatable bonds is 11. The van der Waals surface area contributed by atoms with Crippen LogP contribution in [0.15, 0.2) is 36.0 Å². The predicted molar refractivity (Wildman–Crippen MR) is 217 cm³/mol. The van der Waals surface area contributed by atoms with Crippen LogP contribution in [0.25, 0.3) is 0 Å². The molecule has 7 rings (SSSR count). The minimum Gasteiger partial charge on any atom is -0.464 e. The number of carbonyl (C=O) groups excluding carboxylic acids is 1. The predicted octanol–water partition coefficient (Wildman–Crippen LogP) is 5.69. The summed E-state index contributed by atoms with van der Waals surface area (Å²) in [5.41, 5.74) is -0.283. The molecule has 0 aromatic carbocycles. The molecular weight excluding hydrogens is 760 g/mol. The number of aliphatic hydroxyl groups is 4. The molecule has 0 amide bonds. The highest BCUT2D eigenvalue weighted by molar-refractivity contribution is 5.78. The second kappa shape index (κ2) is 18.2. The molecule has 17 unspecified atom stereocenters. The summed E-state index contributed by atoms with van der Waals surface area (Å²) in [7, 11) is 0. The van der Waals surface area contributed by atoms with E-state index in [1.54, 1.807) is 6.92 Å². The summed E-state index contributed by atoms with van der Waals surface area (Å²) in [5.74, 6) is -3.12. The SMILES string of the molecule is C=C1C(O)C2OC3(CCC(C=CC(C)C4CC(C)=CC5(OC(CC(C)(O)C(=O)OCC)CCC5O)O4)O3)CCC2OC1C(O)CC(C)C1OC2(CCCCO2)CCC1C. The summed E-state index contributed by atoms with van der Waals surface area (Å²) in [6, 6.07) is 0. The van der Waals surface area contributed by atoms with Crippen molar-refractivity contribution in [2.75, 3.05) is 13.2 Å². The van der Waals surface area contributed by atoms with Crippen molar-refractivity contribution in [3.63, 3.8) is 0 Å². The maximum absolute atomic E-state index is 12.4. The van der Waals surface area contributed by atoms with E-state index < -0.39 is 71.7 Å². The quantitative estimate of drug-likeness (QED) is 0.148. The summed E-state index contributed by atoms with van der Waals surface area (Å²) < 4.78 is 50.6. The molecule has 4 N–H and O–H groups in total. The van der Waals surface area contributed by atoms with Crippen molar-refractivity contribution in [1.29, 1.82) is 0 Å². The Bertz CT molecular complexity index is 1540. The lowest BCUT2D eigenvalue weighted by Gasteiger charge is -2.50. The zero-order chi connectivity index (χ0) is 42.3. The van der Waals surface area contributed by atoms with Gasteiger partial charge in [-0.15, -0.1) is 0 Å². The first-order valence-corrected chi connectivity index (χ1v) is 22.6. The standard InChI is InChI=1S/C46H72O13/c1-8-52-42(50)43(7,51)26-33-13-14-37(48)46(56-33)25-27(2)23-36(57-46)28(3)11-12-32-16-20-45(55-32)21-17-35-41(59-45)38(49)31(6)40(54-35)34(47)24-30(5)39-29(4)15-19-44(58-39)18-9-10-22-53-44/h11-12,25,28-30,32-41,47-49,51H,6,8-10,13-24,26H2,1-5,7H3. The van der Waals surface area contributed by atoms with E-state index in [-0.39, 0.29) is 43.2 Å². The Morgan fingerprint density at radius 1 is 1.02 bits per heavy atom. The monoisotopic (exact) mass is 832 g/mol. The van der Waals surface area contributed by atoms with E-state index in [4.69, 9.17) is 37.9 Å². The molecule has 7 heterocycles. The molecular formula is C46H72O13. The van der Waals surface area contributed by atoms with E-state index >= 15 is 0 Å². The van der Waals surface area contributed by atoms with Gasteiger partial charge in [0.15, 0.2) is 17.2 Å². The minimum atomic E-state index is -1.73. The summed E-state index contributed by atoms with van der Waals surface area (Å²) in [6.07, 6.45) is 9.96. The van der Waals surface area contributed by atoms with Gasteiger partial charge in [-0.1, -0.05) is 45.1 Å². The average Bonchev–Trinajstić information content (AvgIpc) is 3.59. The smallest absolute Gasteiger partial charge is 0.337 e. The first-order valence-electron chi connectivity index (χ1n) is 22.6. The van der Waals surface area contributed by atoms with Gasteiger partial charge in [-0.25, -0.2) is 4.79 Å². The van der Waals surface area contributed by atoms with Gasteiger partial charge in [0.1, 0.15) is 24.4 Å². The lowest BCUT2D eigenvalue weighted by Crippen LogP contribution is -2.60. The van der Waals surface area contributed by atoms with Gasteiger partial charge >= 0.3 is 5.97 Å². The van der Waals surface area contributed by atoms with Gasteiger partial charge in [0.2, 0.25) is 5.79 Å². The lowest BCUT2D eigenvalue weighted by atomic mass is 9.79. The molecule has 0 saturated carbocycles. The van der Waals surface area contributed by atoms with Gasteiger partial charge in [0.05, 0.1) is 49.8 Å². The van der Waals surface area contributed by atoms with Crippen LogP contribution in [0.2, 0.25) is 0 Å². The topological polar surface area (TPSA) is 172 Å². The van der Waals surface area contributed by atoms with Crippen LogP contribution >= 0.6 is 0 Å². The molecule has 0 aliphatic carbocycles. The van der Waals surface area contributed by atoms with E-state index in [2.05, 4.69) is 39.5 Å². The number of ether oxygens (including phenoxy) is 8. The van der Waals surface area contributed by atoms with Crippen LogP contribution in [0.5, 0.6) is 0 Å². The highest BCUT2D eigenvalue weighted by Crippen LogP contribution is 2.47. The molecule has 6 fully saturated rings. The van der Waals surface area contributed by atoms with Crippen molar-refractivity contribution < 1.29 is 63.1 Å². The molecule has 0 aromatic rings. The van der Waals surface area contributed by atoms with Crippen molar-refractivity contribution in [1.82, 2.24) is 0 Å². The largest absolute Gasteiger partial charge is 0.464 e. The van der Waals surface area contributed by atoms with E-state index in [0.29, 0.717) is 56.4 Å². The number of carbonyl (C=O) groups is 1.